The molecule has 0 spiro atoms. The zero-order valence-corrected chi connectivity index (χ0v) is 12.5. The van der Waals surface area contributed by atoms with Gasteiger partial charge in [0.25, 0.3) is 5.91 Å². The fourth-order valence-electron chi connectivity index (χ4n) is 1.61. The predicted molar refractivity (Wildman–Crippen MR) is 81.9 cm³/mol. The van der Waals surface area contributed by atoms with Crippen LogP contribution >= 0.6 is 23.4 Å². The molecule has 0 aliphatic carbocycles. The van der Waals surface area contributed by atoms with Gasteiger partial charge in [-0.15, -0.1) is 0 Å². The molecule has 1 heterocycles. The summed E-state index contributed by atoms with van der Waals surface area (Å²) in [6.07, 6.45) is 1.27. The Hall–Kier alpha value is -1.79. The molecule has 1 aliphatic rings. The van der Waals surface area contributed by atoms with Gasteiger partial charge in [0.2, 0.25) is 5.91 Å². The number of aliphatic imine (C=N–C) groups is 1. The lowest BCUT2D eigenvalue weighted by Gasteiger charge is -2.05. The minimum atomic E-state index is -0.381. The third-order valence-corrected chi connectivity index (χ3v) is 3.94. The Kier molecular flexibility index (Phi) is 4.46. The Morgan fingerprint density at radius 3 is 2.85 bits per heavy atom. The van der Waals surface area contributed by atoms with Crippen molar-refractivity contribution in [3.05, 3.63) is 40.3 Å². The number of benzene rings is 1. The number of amidine groups is 1. The van der Waals surface area contributed by atoms with Crippen molar-refractivity contribution in [2.45, 2.75) is 0 Å². The van der Waals surface area contributed by atoms with Crippen LogP contribution in [-0.4, -0.2) is 36.0 Å². The first kappa shape index (κ1) is 14.6. The monoisotopic (exact) mass is 309 g/mol. The lowest BCUT2D eigenvalue weighted by molar-refractivity contribution is -0.121. The summed E-state index contributed by atoms with van der Waals surface area (Å²) < 4.78 is 0. The molecule has 1 saturated heterocycles. The number of likely N-dealkylation sites (N-methyl/N-ethyl adjacent to an activating group) is 1. The number of halogens is 1. The van der Waals surface area contributed by atoms with Gasteiger partial charge in [0.1, 0.15) is 0 Å². The second-order valence-corrected chi connectivity index (χ2v) is 5.43. The van der Waals surface area contributed by atoms with E-state index in [1.165, 1.54) is 22.7 Å². The van der Waals surface area contributed by atoms with Gasteiger partial charge in [-0.05, 0) is 30.0 Å². The van der Waals surface area contributed by atoms with Crippen LogP contribution in [0, 0.1) is 0 Å². The molecule has 0 atom stereocenters. The van der Waals surface area contributed by atoms with Gasteiger partial charge >= 0.3 is 0 Å². The Morgan fingerprint density at radius 1 is 1.50 bits per heavy atom. The normalized spacial score (nSPS) is 18.9. The Labute approximate surface area is 125 Å². The minimum Gasteiger partial charge on any atom is -0.322 e. The fraction of sp³-hybridized carbons (Fsp3) is 0.154. The van der Waals surface area contributed by atoms with E-state index in [0.29, 0.717) is 20.8 Å². The van der Waals surface area contributed by atoms with E-state index in [1.807, 2.05) is 0 Å². The number of thioether (sulfide) groups is 1. The van der Waals surface area contributed by atoms with Crippen molar-refractivity contribution in [2.75, 3.05) is 19.4 Å². The molecule has 2 rings (SSSR count). The maximum atomic E-state index is 11.9. The molecule has 1 aliphatic heterocycles. The zero-order valence-electron chi connectivity index (χ0n) is 10.9. The second-order valence-electron chi connectivity index (χ2n) is 3.98. The SMILES string of the molecule is CN=C1S/C(=C\C(=O)Nc2cccc(Cl)c2)C(=O)N1C. The summed E-state index contributed by atoms with van der Waals surface area (Å²) in [6, 6.07) is 6.80. The van der Waals surface area contributed by atoms with E-state index in [-0.39, 0.29) is 11.8 Å². The highest BCUT2D eigenvalue weighted by Crippen LogP contribution is 2.29. The first-order valence-corrected chi connectivity index (χ1v) is 6.91. The molecule has 0 bridgehead atoms. The third kappa shape index (κ3) is 3.20. The average Bonchev–Trinajstić information content (AvgIpc) is 2.66. The number of hydrogen-bond acceptors (Lipinski definition) is 4. The number of hydrogen-bond donors (Lipinski definition) is 1. The number of anilines is 1. The van der Waals surface area contributed by atoms with E-state index >= 15 is 0 Å². The van der Waals surface area contributed by atoms with Gasteiger partial charge in [-0.3, -0.25) is 19.5 Å². The van der Waals surface area contributed by atoms with Gasteiger partial charge in [0, 0.05) is 30.9 Å². The molecule has 0 aromatic heterocycles. The predicted octanol–water partition coefficient (Wildman–Crippen LogP) is 2.35. The smallest absolute Gasteiger partial charge is 0.266 e. The zero-order chi connectivity index (χ0) is 14.7. The van der Waals surface area contributed by atoms with Crippen molar-refractivity contribution in [2.24, 2.45) is 4.99 Å². The molecule has 0 saturated carbocycles. The quantitative estimate of drug-likeness (QED) is 0.853. The molecule has 1 aromatic carbocycles. The van der Waals surface area contributed by atoms with Crippen molar-refractivity contribution in [1.29, 1.82) is 0 Å². The molecular formula is C13H12ClN3O2S. The summed E-state index contributed by atoms with van der Waals surface area (Å²) in [4.78, 5) is 29.5. The fourth-order valence-corrected chi connectivity index (χ4v) is 2.70. The summed E-state index contributed by atoms with van der Waals surface area (Å²) in [5, 5.41) is 3.75. The summed E-state index contributed by atoms with van der Waals surface area (Å²) in [6.45, 7) is 0. The summed E-state index contributed by atoms with van der Waals surface area (Å²) in [5.41, 5.74) is 0.576. The first-order chi connectivity index (χ1) is 9.51. The molecule has 1 N–H and O–H groups in total. The lowest BCUT2D eigenvalue weighted by atomic mass is 10.3. The van der Waals surface area contributed by atoms with Crippen LogP contribution in [0.15, 0.2) is 40.2 Å². The molecule has 1 fully saturated rings. The van der Waals surface area contributed by atoms with Gasteiger partial charge in [-0.1, -0.05) is 17.7 Å². The van der Waals surface area contributed by atoms with Crippen LogP contribution in [0.25, 0.3) is 0 Å². The Morgan fingerprint density at radius 2 is 2.25 bits per heavy atom. The van der Waals surface area contributed by atoms with Crippen molar-refractivity contribution in [3.63, 3.8) is 0 Å². The van der Waals surface area contributed by atoms with Gasteiger partial charge < -0.3 is 5.32 Å². The van der Waals surface area contributed by atoms with E-state index in [0.717, 1.165) is 0 Å². The van der Waals surface area contributed by atoms with Gasteiger partial charge in [-0.25, -0.2) is 0 Å². The van der Waals surface area contributed by atoms with Gasteiger partial charge in [0.15, 0.2) is 5.17 Å². The number of amides is 2. The number of carbonyl (C=O) groups excluding carboxylic acids is 2. The molecule has 104 valence electrons. The van der Waals surface area contributed by atoms with E-state index in [2.05, 4.69) is 10.3 Å². The number of nitrogens with one attached hydrogen (secondary N) is 1. The highest BCUT2D eigenvalue weighted by molar-refractivity contribution is 8.18. The molecule has 1 aromatic rings. The van der Waals surface area contributed by atoms with E-state index < -0.39 is 0 Å². The Bertz CT molecular complexity index is 628. The molecule has 0 radical (unpaired) electrons. The van der Waals surface area contributed by atoms with Crippen LogP contribution in [0.2, 0.25) is 5.02 Å². The lowest BCUT2D eigenvalue weighted by Crippen LogP contribution is -2.24. The number of rotatable bonds is 2. The highest BCUT2D eigenvalue weighted by Gasteiger charge is 2.30. The van der Waals surface area contributed by atoms with Gasteiger partial charge in [-0.2, -0.15) is 0 Å². The van der Waals surface area contributed by atoms with Crippen LogP contribution in [-0.2, 0) is 9.59 Å². The van der Waals surface area contributed by atoms with Crippen LogP contribution in [0.3, 0.4) is 0 Å². The molecule has 5 nitrogen and oxygen atoms in total. The van der Waals surface area contributed by atoms with Gasteiger partial charge in [0.05, 0.1) is 4.91 Å². The van der Waals surface area contributed by atoms with Crippen molar-refractivity contribution in [1.82, 2.24) is 4.90 Å². The minimum absolute atomic E-state index is 0.239. The summed E-state index contributed by atoms with van der Waals surface area (Å²) in [5.74, 6) is -0.620. The van der Waals surface area contributed by atoms with Crippen LogP contribution in [0.1, 0.15) is 0 Å². The largest absolute Gasteiger partial charge is 0.322 e. The topological polar surface area (TPSA) is 61.8 Å². The number of carbonyl (C=O) groups is 2. The second kappa shape index (κ2) is 6.11. The van der Waals surface area contributed by atoms with Crippen LogP contribution in [0.5, 0.6) is 0 Å². The third-order valence-electron chi connectivity index (χ3n) is 2.55. The van der Waals surface area contributed by atoms with E-state index in [4.69, 9.17) is 11.6 Å². The van der Waals surface area contributed by atoms with E-state index in [9.17, 15) is 9.59 Å². The molecule has 2 amide bonds. The van der Waals surface area contributed by atoms with E-state index in [1.54, 1.807) is 38.4 Å². The van der Waals surface area contributed by atoms with Crippen molar-refractivity contribution < 1.29 is 9.59 Å². The molecular weight excluding hydrogens is 298 g/mol. The van der Waals surface area contributed by atoms with Crippen molar-refractivity contribution >= 4 is 46.0 Å². The first-order valence-electron chi connectivity index (χ1n) is 5.72. The van der Waals surface area contributed by atoms with Crippen LogP contribution < -0.4 is 5.32 Å². The maximum absolute atomic E-state index is 11.9. The van der Waals surface area contributed by atoms with Crippen LogP contribution in [0.4, 0.5) is 5.69 Å². The number of nitrogens with zero attached hydrogens (tertiary/aromatic N) is 2. The molecule has 20 heavy (non-hydrogen) atoms. The highest BCUT2D eigenvalue weighted by atomic mass is 35.5. The summed E-state index contributed by atoms with van der Waals surface area (Å²) in [7, 11) is 3.22. The maximum Gasteiger partial charge on any atom is 0.266 e. The standard InChI is InChI=1S/C13H12ClN3O2S/c1-15-13-17(2)12(19)10(20-13)7-11(18)16-9-5-3-4-8(14)6-9/h3-7H,1-2H3,(H,16,18)/b10-7-,15-13?. The molecule has 7 heteroatoms. The Balaban J connectivity index is 2.12. The molecule has 0 unspecified atom stereocenters. The van der Waals surface area contributed by atoms with Crippen molar-refractivity contribution in [3.8, 4) is 0 Å². The average molecular weight is 310 g/mol. The summed E-state index contributed by atoms with van der Waals surface area (Å²) >= 11 is 7.00.